The fourth-order valence-corrected chi connectivity index (χ4v) is 4.74. The third-order valence-corrected chi connectivity index (χ3v) is 6.28. The summed E-state index contributed by atoms with van der Waals surface area (Å²) in [6.07, 6.45) is 3.40. The summed E-state index contributed by atoms with van der Waals surface area (Å²) in [7, 11) is 1.60. The Hall–Kier alpha value is -3.02. The highest BCUT2D eigenvalue weighted by Crippen LogP contribution is 2.40. The Morgan fingerprint density at radius 3 is 2.26 bits per heavy atom. The first-order valence-electron chi connectivity index (χ1n) is 10.9. The molecule has 6 heteroatoms. The van der Waals surface area contributed by atoms with Crippen molar-refractivity contribution in [2.24, 2.45) is 5.92 Å². The summed E-state index contributed by atoms with van der Waals surface area (Å²) >= 11 is 0. The van der Waals surface area contributed by atoms with E-state index in [-0.39, 0.29) is 36.5 Å². The molecule has 2 aromatic rings. The number of carbonyl (C=O) groups excluding carboxylic acids is 2. The maximum absolute atomic E-state index is 12.8. The van der Waals surface area contributed by atoms with Crippen LogP contribution >= 0.6 is 0 Å². The monoisotopic (exact) mass is 423 g/mol. The standard InChI is InChI=1S/C25H29NO5/c1-29-23-9-5-6-10-24(23)30-14-13-22(27)19-15-20-11-12-21(16-19)26(20)25(28)31-17-18-7-3-2-4-8-18/h2-10,19-21H,11-17H2,1H3. The van der Waals surface area contributed by atoms with Crippen LogP contribution in [0.2, 0.25) is 0 Å². The summed E-state index contributed by atoms with van der Waals surface area (Å²) < 4.78 is 16.6. The summed E-state index contributed by atoms with van der Waals surface area (Å²) in [5.74, 6) is 1.50. The summed E-state index contributed by atoms with van der Waals surface area (Å²) in [6.45, 7) is 0.603. The minimum atomic E-state index is -0.262. The molecule has 2 aromatic carbocycles. The molecule has 2 aliphatic rings. The molecule has 164 valence electrons. The fourth-order valence-electron chi connectivity index (χ4n) is 4.74. The predicted molar refractivity (Wildman–Crippen MR) is 116 cm³/mol. The zero-order valence-electron chi connectivity index (χ0n) is 17.9. The highest BCUT2D eigenvalue weighted by Gasteiger charge is 2.45. The number of hydrogen-bond acceptors (Lipinski definition) is 5. The predicted octanol–water partition coefficient (Wildman–Crippen LogP) is 4.61. The molecule has 2 fully saturated rings. The second kappa shape index (κ2) is 9.86. The molecule has 0 aromatic heterocycles. The van der Waals surface area contributed by atoms with E-state index in [4.69, 9.17) is 14.2 Å². The van der Waals surface area contributed by atoms with E-state index in [1.165, 1.54) is 0 Å². The van der Waals surface area contributed by atoms with Crippen LogP contribution in [0, 0.1) is 5.92 Å². The lowest BCUT2D eigenvalue weighted by Crippen LogP contribution is -2.48. The minimum absolute atomic E-state index is 0.0167. The van der Waals surface area contributed by atoms with Gasteiger partial charge in [-0.3, -0.25) is 4.79 Å². The summed E-state index contributed by atoms with van der Waals surface area (Å²) in [4.78, 5) is 27.4. The maximum atomic E-state index is 12.8. The van der Waals surface area contributed by atoms with Crippen LogP contribution in [-0.2, 0) is 16.1 Å². The Morgan fingerprint density at radius 2 is 1.58 bits per heavy atom. The first-order chi connectivity index (χ1) is 15.2. The van der Waals surface area contributed by atoms with Gasteiger partial charge in [-0.15, -0.1) is 0 Å². The summed E-state index contributed by atoms with van der Waals surface area (Å²) in [5.41, 5.74) is 0.975. The van der Waals surface area contributed by atoms with E-state index in [0.29, 0.717) is 37.4 Å². The van der Waals surface area contributed by atoms with Crippen LogP contribution in [0.25, 0.3) is 0 Å². The molecule has 2 aliphatic heterocycles. The van der Waals surface area contributed by atoms with E-state index < -0.39 is 0 Å². The quantitative estimate of drug-likeness (QED) is 0.620. The number of rotatable bonds is 8. The van der Waals surface area contributed by atoms with Gasteiger partial charge in [0.15, 0.2) is 11.5 Å². The van der Waals surface area contributed by atoms with Gasteiger partial charge in [0.1, 0.15) is 12.4 Å². The smallest absolute Gasteiger partial charge is 0.410 e. The number of amides is 1. The lowest BCUT2D eigenvalue weighted by atomic mass is 9.86. The molecule has 2 unspecified atom stereocenters. The van der Waals surface area contributed by atoms with Gasteiger partial charge in [-0.25, -0.2) is 4.79 Å². The minimum Gasteiger partial charge on any atom is -0.493 e. The zero-order valence-corrected chi connectivity index (χ0v) is 17.9. The van der Waals surface area contributed by atoms with Gasteiger partial charge < -0.3 is 19.1 Å². The van der Waals surface area contributed by atoms with E-state index in [2.05, 4.69) is 0 Å². The highest BCUT2D eigenvalue weighted by molar-refractivity contribution is 5.82. The Labute approximate surface area is 183 Å². The zero-order chi connectivity index (χ0) is 21.6. The average Bonchev–Trinajstić information content (AvgIpc) is 3.07. The largest absolute Gasteiger partial charge is 0.493 e. The second-order valence-corrected chi connectivity index (χ2v) is 8.22. The number of methoxy groups -OCH3 is 1. The fraction of sp³-hybridized carbons (Fsp3) is 0.440. The van der Waals surface area contributed by atoms with Crippen LogP contribution < -0.4 is 9.47 Å². The average molecular weight is 424 g/mol. The van der Waals surface area contributed by atoms with Crippen molar-refractivity contribution in [2.45, 2.75) is 50.8 Å². The molecular weight excluding hydrogens is 394 g/mol. The van der Waals surface area contributed by atoms with E-state index in [9.17, 15) is 9.59 Å². The van der Waals surface area contributed by atoms with Crippen LogP contribution in [0.5, 0.6) is 11.5 Å². The lowest BCUT2D eigenvalue weighted by molar-refractivity contribution is -0.125. The van der Waals surface area contributed by atoms with Crippen molar-refractivity contribution in [3.8, 4) is 11.5 Å². The molecule has 4 rings (SSSR count). The number of ketones is 1. The van der Waals surface area contributed by atoms with E-state index >= 15 is 0 Å². The first kappa shape index (κ1) is 21.2. The van der Waals surface area contributed by atoms with Crippen LogP contribution in [0.1, 0.15) is 37.7 Å². The number of nitrogens with zero attached hydrogens (tertiary/aromatic N) is 1. The number of para-hydroxylation sites is 2. The van der Waals surface area contributed by atoms with Gasteiger partial charge in [0.05, 0.1) is 13.7 Å². The van der Waals surface area contributed by atoms with E-state index in [1.807, 2.05) is 59.5 Å². The molecule has 0 spiro atoms. The van der Waals surface area contributed by atoms with Gasteiger partial charge in [0.25, 0.3) is 0 Å². The molecule has 2 atom stereocenters. The number of fused-ring (bicyclic) bond motifs is 2. The molecule has 0 saturated carbocycles. The molecule has 6 nitrogen and oxygen atoms in total. The first-order valence-corrected chi connectivity index (χ1v) is 10.9. The van der Waals surface area contributed by atoms with Gasteiger partial charge in [0.2, 0.25) is 0 Å². The Kier molecular flexibility index (Phi) is 6.75. The summed E-state index contributed by atoms with van der Waals surface area (Å²) in [6, 6.07) is 17.3. The lowest BCUT2D eigenvalue weighted by Gasteiger charge is -2.37. The topological polar surface area (TPSA) is 65.1 Å². The number of hydrogen-bond donors (Lipinski definition) is 0. The van der Waals surface area contributed by atoms with Crippen molar-refractivity contribution < 1.29 is 23.8 Å². The Morgan fingerprint density at radius 1 is 0.935 bits per heavy atom. The molecule has 2 saturated heterocycles. The van der Waals surface area contributed by atoms with Crippen LogP contribution in [0.3, 0.4) is 0 Å². The van der Waals surface area contributed by atoms with E-state index in [1.54, 1.807) is 7.11 Å². The number of benzene rings is 2. The summed E-state index contributed by atoms with van der Waals surface area (Å²) in [5, 5.41) is 0. The van der Waals surface area contributed by atoms with Gasteiger partial charge in [-0.2, -0.15) is 0 Å². The Balaban J connectivity index is 1.26. The van der Waals surface area contributed by atoms with Crippen molar-refractivity contribution in [3.63, 3.8) is 0 Å². The molecular formula is C25H29NO5. The Bertz CT molecular complexity index is 886. The van der Waals surface area contributed by atoms with Gasteiger partial charge >= 0.3 is 6.09 Å². The van der Waals surface area contributed by atoms with Crippen LogP contribution in [0.4, 0.5) is 4.79 Å². The van der Waals surface area contributed by atoms with Crippen LogP contribution in [0.15, 0.2) is 54.6 Å². The van der Waals surface area contributed by atoms with Gasteiger partial charge in [-0.1, -0.05) is 42.5 Å². The second-order valence-electron chi connectivity index (χ2n) is 8.22. The van der Waals surface area contributed by atoms with Crippen molar-refractivity contribution in [2.75, 3.05) is 13.7 Å². The molecule has 2 heterocycles. The number of Topliss-reactive ketones (excluding diaryl/α,β-unsaturated/α-hetero) is 1. The number of ether oxygens (including phenoxy) is 3. The van der Waals surface area contributed by atoms with Crippen LogP contribution in [-0.4, -0.2) is 42.6 Å². The highest BCUT2D eigenvalue weighted by atomic mass is 16.6. The molecule has 0 N–H and O–H groups in total. The van der Waals surface area contributed by atoms with Crippen molar-refractivity contribution in [3.05, 3.63) is 60.2 Å². The van der Waals surface area contributed by atoms with Crippen molar-refractivity contribution >= 4 is 11.9 Å². The van der Waals surface area contributed by atoms with Gasteiger partial charge in [-0.05, 0) is 43.4 Å². The molecule has 31 heavy (non-hydrogen) atoms. The number of carbonyl (C=O) groups is 2. The normalized spacial score (nSPS) is 22.1. The van der Waals surface area contributed by atoms with Crippen molar-refractivity contribution in [1.29, 1.82) is 0 Å². The van der Waals surface area contributed by atoms with E-state index in [0.717, 1.165) is 18.4 Å². The third kappa shape index (κ3) is 5.01. The number of piperidine rings is 1. The van der Waals surface area contributed by atoms with Gasteiger partial charge in [0, 0.05) is 24.4 Å². The molecule has 2 bridgehead atoms. The van der Waals surface area contributed by atoms with Crippen molar-refractivity contribution in [1.82, 2.24) is 4.90 Å². The molecule has 0 radical (unpaired) electrons. The molecule has 1 amide bonds. The molecule has 0 aliphatic carbocycles. The maximum Gasteiger partial charge on any atom is 0.410 e. The third-order valence-electron chi connectivity index (χ3n) is 6.28. The SMILES string of the molecule is COc1ccccc1OCCC(=O)C1CC2CCC(C1)N2C(=O)OCc1ccccc1.